The van der Waals surface area contributed by atoms with E-state index in [-0.39, 0.29) is 6.42 Å². The average molecular weight is 349 g/mol. The summed E-state index contributed by atoms with van der Waals surface area (Å²) in [5.74, 6) is -1.67. The van der Waals surface area contributed by atoms with Gasteiger partial charge in [0.2, 0.25) is 5.91 Å². The summed E-state index contributed by atoms with van der Waals surface area (Å²) in [5, 5.41) is 16.0. The number of hydrogen-bond donors (Lipinski definition) is 3. The van der Waals surface area contributed by atoms with Gasteiger partial charge in [-0.2, -0.15) is 0 Å². The highest BCUT2D eigenvalue weighted by Gasteiger charge is 2.18. The fourth-order valence-electron chi connectivity index (χ4n) is 1.82. The van der Waals surface area contributed by atoms with E-state index in [9.17, 15) is 14.7 Å². The highest BCUT2D eigenvalue weighted by Crippen LogP contribution is 2.24. The lowest BCUT2D eigenvalue weighted by atomic mass is 10.2. The number of likely N-dealkylation sites (N-methyl/N-ethyl adjacent to an activating group) is 1. The number of anilines is 1. The van der Waals surface area contributed by atoms with Crippen molar-refractivity contribution in [1.82, 2.24) is 0 Å². The second kappa shape index (κ2) is 8.95. The standard InChI is InChI=1S/C14H19Cl2N3O3/c1-19(2)6-5-17-12(14(21)22)8-13(20)18-9-3-4-10(15)11(16)7-9/h3-4,7,12,17H,5-6,8H2,1-2H3,(H,18,20)(H,21,22)/p+1/t12-/m0/s1. The molecule has 0 saturated heterocycles. The van der Waals surface area contributed by atoms with E-state index >= 15 is 0 Å². The first-order valence-electron chi connectivity index (χ1n) is 6.87. The Hall–Kier alpha value is -1.34. The van der Waals surface area contributed by atoms with Crippen LogP contribution >= 0.6 is 23.2 Å². The summed E-state index contributed by atoms with van der Waals surface area (Å²) in [7, 11) is 3.94. The van der Waals surface area contributed by atoms with Gasteiger partial charge in [0.05, 0.1) is 36.5 Å². The zero-order valence-corrected chi connectivity index (χ0v) is 14.0. The number of quaternary nitrogens is 2. The van der Waals surface area contributed by atoms with Gasteiger partial charge in [-0.3, -0.25) is 4.79 Å². The van der Waals surface area contributed by atoms with Gasteiger partial charge in [-0.05, 0) is 18.2 Å². The summed E-state index contributed by atoms with van der Waals surface area (Å²) in [6, 6.07) is 3.75. The Bertz CT molecular complexity index is 538. The lowest BCUT2D eigenvalue weighted by molar-refractivity contribution is -0.876. The number of nitrogens with two attached hydrogens (primary N) is 1. The van der Waals surface area contributed by atoms with Crippen LogP contribution in [0.25, 0.3) is 0 Å². The van der Waals surface area contributed by atoms with Crippen LogP contribution < -0.4 is 20.6 Å². The molecule has 0 aliphatic heterocycles. The minimum absolute atomic E-state index is 0.175. The van der Waals surface area contributed by atoms with Crippen LogP contribution in [-0.4, -0.2) is 45.1 Å². The van der Waals surface area contributed by atoms with E-state index in [0.29, 0.717) is 22.3 Å². The van der Waals surface area contributed by atoms with Gasteiger partial charge >= 0.3 is 0 Å². The Morgan fingerprint density at radius 1 is 1.32 bits per heavy atom. The molecule has 1 aromatic rings. The third-order valence-corrected chi connectivity index (χ3v) is 3.75. The number of nitrogens with one attached hydrogen (secondary N) is 2. The first-order chi connectivity index (χ1) is 10.3. The number of amides is 1. The Morgan fingerprint density at radius 3 is 2.55 bits per heavy atom. The van der Waals surface area contributed by atoms with Gasteiger partial charge in [-0.25, -0.2) is 0 Å². The topological polar surface area (TPSA) is 90.3 Å². The number of benzene rings is 1. The summed E-state index contributed by atoms with van der Waals surface area (Å²) in [6.07, 6.45) is -0.175. The fourth-order valence-corrected chi connectivity index (χ4v) is 2.12. The predicted octanol–water partition coefficient (Wildman–Crippen LogP) is -1.85. The molecule has 0 aliphatic carbocycles. The predicted molar refractivity (Wildman–Crippen MR) is 83.0 cm³/mol. The number of carboxylic acid groups (broad SMARTS) is 1. The molecule has 0 fully saturated rings. The minimum atomic E-state index is -1.25. The smallest absolute Gasteiger partial charge is 0.230 e. The van der Waals surface area contributed by atoms with Crippen LogP contribution in [0.1, 0.15) is 6.42 Å². The number of carboxylic acids is 1. The third kappa shape index (κ3) is 6.62. The quantitative estimate of drug-likeness (QED) is 0.515. The molecule has 8 heteroatoms. The van der Waals surface area contributed by atoms with Crippen molar-refractivity contribution >= 4 is 40.8 Å². The first-order valence-corrected chi connectivity index (χ1v) is 7.63. The molecule has 0 aliphatic rings. The second-order valence-electron chi connectivity index (χ2n) is 5.29. The Balaban J connectivity index is 2.55. The van der Waals surface area contributed by atoms with Crippen LogP contribution in [0.4, 0.5) is 5.69 Å². The lowest BCUT2D eigenvalue weighted by Gasteiger charge is -2.17. The molecular formula is C14H20Cl2N3O3+. The molecule has 0 spiro atoms. The molecule has 0 unspecified atom stereocenters. The van der Waals surface area contributed by atoms with E-state index in [4.69, 9.17) is 23.2 Å². The van der Waals surface area contributed by atoms with E-state index in [1.165, 1.54) is 11.0 Å². The van der Waals surface area contributed by atoms with Crippen molar-refractivity contribution in [2.45, 2.75) is 12.5 Å². The first kappa shape index (κ1) is 18.7. The number of carbonyl (C=O) groups is 2. The summed E-state index contributed by atoms with van der Waals surface area (Å²) in [5.41, 5.74) is 0.467. The summed E-state index contributed by atoms with van der Waals surface area (Å²) in [6.45, 7) is 1.39. The van der Waals surface area contributed by atoms with Crippen LogP contribution in [0.3, 0.4) is 0 Å². The van der Waals surface area contributed by atoms with Gasteiger partial charge in [0, 0.05) is 5.69 Å². The molecule has 4 N–H and O–H groups in total. The van der Waals surface area contributed by atoms with Crippen molar-refractivity contribution < 1.29 is 24.9 Å². The van der Waals surface area contributed by atoms with Crippen molar-refractivity contribution in [3.8, 4) is 0 Å². The van der Waals surface area contributed by atoms with Gasteiger partial charge in [0.25, 0.3) is 0 Å². The van der Waals surface area contributed by atoms with E-state index < -0.39 is 17.9 Å². The maximum atomic E-state index is 11.9. The Labute approximate surface area is 139 Å². The number of carbonyl (C=O) groups excluding carboxylic acids is 2. The largest absolute Gasteiger partial charge is 0.544 e. The van der Waals surface area contributed by atoms with E-state index in [1.54, 1.807) is 17.4 Å². The normalized spacial score (nSPS) is 12.2. The lowest BCUT2D eigenvalue weighted by Crippen LogP contribution is -3.10. The molecule has 0 heterocycles. The molecule has 22 heavy (non-hydrogen) atoms. The summed E-state index contributed by atoms with van der Waals surface area (Å²) >= 11 is 11.6. The van der Waals surface area contributed by atoms with Gasteiger partial charge in [-0.15, -0.1) is 0 Å². The summed E-state index contributed by atoms with van der Waals surface area (Å²) < 4.78 is 0. The Morgan fingerprint density at radius 2 is 2.00 bits per heavy atom. The van der Waals surface area contributed by atoms with E-state index in [2.05, 4.69) is 5.32 Å². The number of halogens is 2. The van der Waals surface area contributed by atoms with E-state index in [0.717, 1.165) is 6.54 Å². The zero-order valence-electron chi connectivity index (χ0n) is 12.5. The van der Waals surface area contributed by atoms with Crippen molar-refractivity contribution in [2.75, 3.05) is 32.5 Å². The number of aliphatic carboxylic acids is 1. The third-order valence-electron chi connectivity index (χ3n) is 3.01. The fraction of sp³-hybridized carbons (Fsp3) is 0.429. The summed E-state index contributed by atoms with van der Waals surface area (Å²) in [4.78, 5) is 24.2. The van der Waals surface area contributed by atoms with Crippen molar-refractivity contribution in [1.29, 1.82) is 0 Å². The average Bonchev–Trinajstić information content (AvgIpc) is 2.41. The highest BCUT2D eigenvalue weighted by atomic mass is 35.5. The highest BCUT2D eigenvalue weighted by molar-refractivity contribution is 6.42. The molecule has 0 bridgehead atoms. The van der Waals surface area contributed by atoms with Crippen molar-refractivity contribution in [3.05, 3.63) is 28.2 Å². The monoisotopic (exact) mass is 348 g/mol. The maximum Gasteiger partial charge on any atom is 0.230 e. The van der Waals surface area contributed by atoms with Crippen molar-refractivity contribution in [2.24, 2.45) is 0 Å². The molecule has 0 saturated carbocycles. The molecule has 1 aromatic carbocycles. The molecule has 1 atom stereocenters. The molecule has 0 aromatic heterocycles. The molecule has 122 valence electrons. The molecule has 6 nitrogen and oxygen atoms in total. The van der Waals surface area contributed by atoms with E-state index in [1.807, 2.05) is 14.1 Å². The SMILES string of the molecule is C[NH+](C)CC[NH2+][C@@H](CC(=O)Nc1ccc(Cl)c(Cl)c1)C(=O)[O-]. The number of rotatable bonds is 8. The van der Waals surface area contributed by atoms with Crippen LogP contribution in [0.5, 0.6) is 0 Å². The van der Waals surface area contributed by atoms with Crippen LogP contribution in [0.2, 0.25) is 10.0 Å². The van der Waals surface area contributed by atoms with Gasteiger partial charge < -0.3 is 25.4 Å². The minimum Gasteiger partial charge on any atom is -0.544 e. The van der Waals surface area contributed by atoms with Crippen LogP contribution in [-0.2, 0) is 9.59 Å². The van der Waals surface area contributed by atoms with Gasteiger partial charge in [0.1, 0.15) is 19.1 Å². The second-order valence-corrected chi connectivity index (χ2v) is 6.10. The molecule has 0 radical (unpaired) electrons. The number of hydrogen-bond acceptors (Lipinski definition) is 3. The van der Waals surface area contributed by atoms with Crippen LogP contribution in [0, 0.1) is 0 Å². The zero-order chi connectivity index (χ0) is 16.7. The Kier molecular flexibility index (Phi) is 7.61. The van der Waals surface area contributed by atoms with Gasteiger partial charge in [-0.1, -0.05) is 23.2 Å². The molecule has 1 amide bonds. The molecular weight excluding hydrogens is 329 g/mol. The van der Waals surface area contributed by atoms with Crippen LogP contribution in [0.15, 0.2) is 18.2 Å². The molecule has 1 rings (SSSR count). The maximum absolute atomic E-state index is 11.9. The van der Waals surface area contributed by atoms with Gasteiger partial charge in [0.15, 0.2) is 0 Å². The van der Waals surface area contributed by atoms with Crippen molar-refractivity contribution in [3.63, 3.8) is 0 Å².